The molecule has 0 unspecified atom stereocenters. The standard InChI is InChI=1S/C10H10ClNO2/c11-5-1-2-7-3-4-9(12)8(6-7)10(13)14/h1-4,6H,5,12H2,(H,13,14). The lowest BCUT2D eigenvalue weighted by Crippen LogP contribution is -2.02. The average molecular weight is 212 g/mol. The van der Waals surface area contributed by atoms with Gasteiger partial charge in [0.25, 0.3) is 0 Å². The van der Waals surface area contributed by atoms with Crippen molar-refractivity contribution < 1.29 is 9.90 Å². The minimum atomic E-state index is -1.02. The van der Waals surface area contributed by atoms with Crippen LogP contribution in [-0.2, 0) is 0 Å². The highest BCUT2D eigenvalue weighted by Gasteiger charge is 2.06. The first kappa shape index (κ1) is 10.6. The van der Waals surface area contributed by atoms with E-state index in [9.17, 15) is 4.79 Å². The molecule has 0 radical (unpaired) electrons. The van der Waals surface area contributed by atoms with Crippen LogP contribution in [0.5, 0.6) is 0 Å². The molecule has 74 valence electrons. The topological polar surface area (TPSA) is 63.3 Å². The first-order chi connectivity index (χ1) is 6.65. The quantitative estimate of drug-likeness (QED) is 0.595. The number of anilines is 1. The average Bonchev–Trinajstić information content (AvgIpc) is 2.16. The number of allylic oxidation sites excluding steroid dienone is 1. The Balaban J connectivity index is 3.06. The van der Waals surface area contributed by atoms with Crippen molar-refractivity contribution >= 4 is 29.3 Å². The fraction of sp³-hybridized carbons (Fsp3) is 0.100. The lowest BCUT2D eigenvalue weighted by molar-refractivity contribution is 0.0698. The summed E-state index contributed by atoms with van der Waals surface area (Å²) in [5.41, 5.74) is 6.64. The van der Waals surface area contributed by atoms with E-state index in [-0.39, 0.29) is 11.3 Å². The maximum atomic E-state index is 10.7. The van der Waals surface area contributed by atoms with Crippen molar-refractivity contribution in [3.63, 3.8) is 0 Å². The van der Waals surface area contributed by atoms with E-state index < -0.39 is 5.97 Å². The van der Waals surface area contributed by atoms with Gasteiger partial charge in [0, 0.05) is 11.6 Å². The monoisotopic (exact) mass is 211 g/mol. The SMILES string of the molecule is Nc1ccc(C=CCCl)cc1C(=O)O. The van der Waals surface area contributed by atoms with E-state index in [1.165, 1.54) is 6.07 Å². The molecule has 0 amide bonds. The van der Waals surface area contributed by atoms with Gasteiger partial charge in [-0.3, -0.25) is 0 Å². The number of carbonyl (C=O) groups is 1. The minimum Gasteiger partial charge on any atom is -0.478 e. The Labute approximate surface area is 86.8 Å². The molecule has 0 fully saturated rings. The van der Waals surface area contributed by atoms with Crippen LogP contribution in [0.15, 0.2) is 24.3 Å². The second-order valence-electron chi connectivity index (χ2n) is 2.71. The third kappa shape index (κ3) is 2.50. The Morgan fingerprint density at radius 1 is 1.57 bits per heavy atom. The molecule has 3 nitrogen and oxygen atoms in total. The van der Waals surface area contributed by atoms with Gasteiger partial charge in [0.05, 0.1) is 5.56 Å². The summed E-state index contributed by atoms with van der Waals surface area (Å²) in [7, 11) is 0. The van der Waals surface area contributed by atoms with E-state index in [1.54, 1.807) is 24.3 Å². The largest absolute Gasteiger partial charge is 0.478 e. The number of carboxylic acid groups (broad SMARTS) is 1. The van der Waals surface area contributed by atoms with Crippen molar-refractivity contribution in [2.75, 3.05) is 11.6 Å². The lowest BCUT2D eigenvalue weighted by atomic mass is 10.1. The van der Waals surface area contributed by atoms with Gasteiger partial charge in [0.15, 0.2) is 0 Å². The number of halogens is 1. The fourth-order valence-corrected chi connectivity index (χ4v) is 1.13. The fourth-order valence-electron chi connectivity index (χ4n) is 1.04. The number of benzene rings is 1. The van der Waals surface area contributed by atoms with Gasteiger partial charge < -0.3 is 10.8 Å². The van der Waals surface area contributed by atoms with Crippen LogP contribution >= 0.6 is 11.6 Å². The molecule has 0 aromatic heterocycles. The number of nitrogens with two attached hydrogens (primary N) is 1. The molecular formula is C10H10ClNO2. The number of rotatable bonds is 3. The summed E-state index contributed by atoms with van der Waals surface area (Å²) in [6, 6.07) is 4.82. The molecule has 0 aliphatic heterocycles. The van der Waals surface area contributed by atoms with E-state index in [0.29, 0.717) is 5.88 Å². The smallest absolute Gasteiger partial charge is 0.337 e. The molecule has 0 aliphatic carbocycles. The molecule has 0 aliphatic rings. The molecule has 0 bridgehead atoms. The molecule has 0 atom stereocenters. The van der Waals surface area contributed by atoms with Gasteiger partial charge in [-0.2, -0.15) is 0 Å². The van der Waals surface area contributed by atoms with Crippen molar-refractivity contribution in [1.82, 2.24) is 0 Å². The zero-order valence-corrected chi connectivity index (χ0v) is 8.16. The number of aromatic carboxylic acids is 1. The summed E-state index contributed by atoms with van der Waals surface area (Å²) >= 11 is 5.46. The van der Waals surface area contributed by atoms with Crippen LogP contribution in [0.2, 0.25) is 0 Å². The number of alkyl halides is 1. The van der Waals surface area contributed by atoms with Gasteiger partial charge in [0.1, 0.15) is 0 Å². The van der Waals surface area contributed by atoms with Gasteiger partial charge in [-0.25, -0.2) is 4.79 Å². The molecule has 0 saturated heterocycles. The molecule has 0 heterocycles. The van der Waals surface area contributed by atoms with E-state index in [2.05, 4.69) is 0 Å². The van der Waals surface area contributed by atoms with Crippen LogP contribution in [0.25, 0.3) is 6.08 Å². The normalized spacial score (nSPS) is 10.6. The highest BCUT2D eigenvalue weighted by Crippen LogP contribution is 2.15. The Morgan fingerprint density at radius 2 is 2.29 bits per heavy atom. The van der Waals surface area contributed by atoms with E-state index in [0.717, 1.165) is 5.56 Å². The third-order valence-corrected chi connectivity index (χ3v) is 1.89. The Morgan fingerprint density at radius 3 is 2.86 bits per heavy atom. The Hall–Kier alpha value is -1.48. The molecule has 1 aromatic rings. The van der Waals surface area contributed by atoms with Gasteiger partial charge in [-0.05, 0) is 17.7 Å². The molecule has 0 spiro atoms. The summed E-state index contributed by atoms with van der Waals surface area (Å²) in [5.74, 6) is -0.629. The molecule has 3 N–H and O–H groups in total. The van der Waals surface area contributed by atoms with E-state index in [1.807, 2.05) is 0 Å². The van der Waals surface area contributed by atoms with Crippen LogP contribution in [-0.4, -0.2) is 17.0 Å². The zero-order valence-electron chi connectivity index (χ0n) is 7.40. The first-order valence-corrected chi connectivity index (χ1v) is 4.54. The van der Waals surface area contributed by atoms with E-state index in [4.69, 9.17) is 22.4 Å². The van der Waals surface area contributed by atoms with Crippen molar-refractivity contribution in [2.45, 2.75) is 0 Å². The third-order valence-electron chi connectivity index (χ3n) is 1.71. The maximum Gasteiger partial charge on any atom is 0.337 e. The van der Waals surface area contributed by atoms with Gasteiger partial charge in [0.2, 0.25) is 0 Å². The summed E-state index contributed by atoms with van der Waals surface area (Å²) < 4.78 is 0. The predicted molar refractivity (Wildman–Crippen MR) is 57.6 cm³/mol. The number of carboxylic acids is 1. The van der Waals surface area contributed by atoms with Crippen LogP contribution in [0, 0.1) is 0 Å². The highest BCUT2D eigenvalue weighted by molar-refractivity contribution is 6.19. The highest BCUT2D eigenvalue weighted by atomic mass is 35.5. The Kier molecular flexibility index (Phi) is 3.54. The molecule has 1 rings (SSSR count). The molecule has 0 saturated carbocycles. The van der Waals surface area contributed by atoms with Gasteiger partial charge in [-0.1, -0.05) is 18.2 Å². The Bertz CT molecular complexity index is 374. The predicted octanol–water partition coefficient (Wildman–Crippen LogP) is 2.22. The van der Waals surface area contributed by atoms with Gasteiger partial charge >= 0.3 is 5.97 Å². The summed E-state index contributed by atoms with van der Waals surface area (Å²) in [5, 5.41) is 8.79. The van der Waals surface area contributed by atoms with Gasteiger partial charge in [-0.15, -0.1) is 11.6 Å². The summed E-state index contributed by atoms with van der Waals surface area (Å²) in [6.07, 6.45) is 3.48. The van der Waals surface area contributed by atoms with Crippen molar-refractivity contribution in [2.24, 2.45) is 0 Å². The number of hydrogen-bond acceptors (Lipinski definition) is 2. The molecule has 4 heteroatoms. The van der Waals surface area contributed by atoms with Crippen LogP contribution in [0.1, 0.15) is 15.9 Å². The van der Waals surface area contributed by atoms with Crippen molar-refractivity contribution in [3.8, 4) is 0 Å². The van der Waals surface area contributed by atoms with Crippen molar-refractivity contribution in [1.29, 1.82) is 0 Å². The second kappa shape index (κ2) is 4.67. The molecule has 1 aromatic carbocycles. The van der Waals surface area contributed by atoms with Crippen LogP contribution < -0.4 is 5.73 Å². The second-order valence-corrected chi connectivity index (χ2v) is 3.02. The zero-order chi connectivity index (χ0) is 10.6. The number of nitrogen functional groups attached to an aromatic ring is 1. The summed E-state index contributed by atoms with van der Waals surface area (Å²) in [6.45, 7) is 0. The van der Waals surface area contributed by atoms with Crippen molar-refractivity contribution in [3.05, 3.63) is 35.4 Å². The minimum absolute atomic E-state index is 0.113. The molecular weight excluding hydrogens is 202 g/mol. The van der Waals surface area contributed by atoms with Crippen LogP contribution in [0.3, 0.4) is 0 Å². The maximum absolute atomic E-state index is 10.7. The van der Waals surface area contributed by atoms with Crippen LogP contribution in [0.4, 0.5) is 5.69 Å². The van der Waals surface area contributed by atoms with E-state index >= 15 is 0 Å². The summed E-state index contributed by atoms with van der Waals surface area (Å²) in [4.78, 5) is 10.7. The first-order valence-electron chi connectivity index (χ1n) is 4.00. The lowest BCUT2D eigenvalue weighted by Gasteiger charge is -2.01. The number of hydrogen-bond donors (Lipinski definition) is 2. The molecule has 14 heavy (non-hydrogen) atoms.